The van der Waals surface area contributed by atoms with Crippen LogP contribution in [0.3, 0.4) is 0 Å². The molecule has 0 aliphatic carbocycles. The molecular formula is C13H28N2O. The lowest BCUT2D eigenvalue weighted by atomic mass is 9.95. The van der Waals surface area contributed by atoms with Crippen molar-refractivity contribution in [3.8, 4) is 0 Å². The number of likely N-dealkylation sites (tertiary alicyclic amines) is 1. The molecule has 3 nitrogen and oxygen atoms in total. The number of methoxy groups -OCH3 is 1. The molecular weight excluding hydrogens is 200 g/mol. The van der Waals surface area contributed by atoms with Gasteiger partial charge in [0.1, 0.15) is 0 Å². The summed E-state index contributed by atoms with van der Waals surface area (Å²) in [7, 11) is 1.84. The standard InChI is InChI=1S/C13H28N2O/c1-12(2)14-8-6-10-15-9-5-7-13(3,11-15)16-4/h12,14H,5-11H2,1-4H3. The van der Waals surface area contributed by atoms with Crippen molar-refractivity contribution in [2.75, 3.05) is 33.3 Å². The van der Waals surface area contributed by atoms with Gasteiger partial charge in [-0.15, -0.1) is 0 Å². The molecule has 0 saturated carbocycles. The molecule has 0 aromatic rings. The van der Waals surface area contributed by atoms with E-state index in [1.807, 2.05) is 7.11 Å². The van der Waals surface area contributed by atoms with E-state index in [2.05, 4.69) is 31.0 Å². The van der Waals surface area contributed by atoms with Gasteiger partial charge in [-0.2, -0.15) is 0 Å². The normalized spacial score (nSPS) is 27.6. The number of piperidine rings is 1. The molecule has 1 N–H and O–H groups in total. The van der Waals surface area contributed by atoms with Crippen molar-refractivity contribution in [3.63, 3.8) is 0 Å². The lowest BCUT2D eigenvalue weighted by Gasteiger charge is -2.39. The lowest BCUT2D eigenvalue weighted by molar-refractivity contribution is -0.0507. The third-order valence-corrected chi connectivity index (χ3v) is 3.43. The summed E-state index contributed by atoms with van der Waals surface area (Å²) in [5.74, 6) is 0. The predicted octanol–water partition coefficient (Wildman–Crippen LogP) is 1.88. The second kappa shape index (κ2) is 6.58. The van der Waals surface area contributed by atoms with Crippen LogP contribution in [-0.4, -0.2) is 49.8 Å². The van der Waals surface area contributed by atoms with E-state index in [1.54, 1.807) is 0 Å². The molecule has 1 aliphatic rings. The van der Waals surface area contributed by atoms with Crippen LogP contribution in [0.1, 0.15) is 40.0 Å². The Morgan fingerprint density at radius 3 is 2.81 bits per heavy atom. The van der Waals surface area contributed by atoms with Crippen molar-refractivity contribution < 1.29 is 4.74 Å². The van der Waals surface area contributed by atoms with E-state index in [0.29, 0.717) is 6.04 Å². The largest absolute Gasteiger partial charge is 0.377 e. The van der Waals surface area contributed by atoms with Crippen LogP contribution in [0.25, 0.3) is 0 Å². The smallest absolute Gasteiger partial charge is 0.0777 e. The second-order valence-corrected chi connectivity index (χ2v) is 5.50. The van der Waals surface area contributed by atoms with Gasteiger partial charge in [-0.1, -0.05) is 13.8 Å². The highest BCUT2D eigenvalue weighted by Gasteiger charge is 2.30. The minimum absolute atomic E-state index is 0.0870. The quantitative estimate of drug-likeness (QED) is 0.703. The van der Waals surface area contributed by atoms with Crippen molar-refractivity contribution in [2.24, 2.45) is 0 Å². The molecule has 1 heterocycles. The fourth-order valence-corrected chi connectivity index (χ4v) is 2.36. The zero-order chi connectivity index (χ0) is 12.0. The number of ether oxygens (including phenoxy) is 1. The van der Waals surface area contributed by atoms with E-state index in [4.69, 9.17) is 4.74 Å². The SMILES string of the molecule is COC1(C)CCCN(CCCNC(C)C)C1. The molecule has 1 aliphatic heterocycles. The maximum atomic E-state index is 5.60. The average molecular weight is 228 g/mol. The Balaban J connectivity index is 2.17. The van der Waals surface area contributed by atoms with Crippen LogP contribution in [0.5, 0.6) is 0 Å². The van der Waals surface area contributed by atoms with Crippen molar-refractivity contribution in [2.45, 2.75) is 51.7 Å². The zero-order valence-electron chi connectivity index (χ0n) is 11.4. The topological polar surface area (TPSA) is 24.5 Å². The molecule has 3 heteroatoms. The van der Waals surface area contributed by atoms with Crippen LogP contribution in [0, 0.1) is 0 Å². The summed E-state index contributed by atoms with van der Waals surface area (Å²) in [5.41, 5.74) is 0.0870. The van der Waals surface area contributed by atoms with Crippen LogP contribution in [-0.2, 0) is 4.74 Å². The number of hydrogen-bond acceptors (Lipinski definition) is 3. The molecule has 0 bridgehead atoms. The molecule has 0 spiro atoms. The summed E-state index contributed by atoms with van der Waals surface area (Å²) in [6, 6.07) is 0.602. The first-order chi connectivity index (χ1) is 7.56. The molecule has 1 unspecified atom stereocenters. The highest BCUT2D eigenvalue weighted by Crippen LogP contribution is 2.23. The van der Waals surface area contributed by atoms with Gasteiger partial charge in [0, 0.05) is 19.7 Å². The number of nitrogens with one attached hydrogen (secondary N) is 1. The third kappa shape index (κ3) is 4.81. The molecule has 1 rings (SSSR count). The first-order valence-corrected chi connectivity index (χ1v) is 6.57. The van der Waals surface area contributed by atoms with Gasteiger partial charge in [-0.25, -0.2) is 0 Å². The molecule has 96 valence electrons. The molecule has 1 atom stereocenters. The van der Waals surface area contributed by atoms with Gasteiger partial charge in [-0.3, -0.25) is 0 Å². The van der Waals surface area contributed by atoms with Gasteiger partial charge in [-0.05, 0) is 45.8 Å². The number of nitrogens with zero attached hydrogens (tertiary/aromatic N) is 1. The van der Waals surface area contributed by atoms with Crippen LogP contribution in [0.4, 0.5) is 0 Å². The Morgan fingerprint density at radius 1 is 1.44 bits per heavy atom. The highest BCUT2D eigenvalue weighted by molar-refractivity contribution is 4.84. The van der Waals surface area contributed by atoms with Crippen LogP contribution in [0.2, 0.25) is 0 Å². The van der Waals surface area contributed by atoms with Crippen molar-refractivity contribution in [3.05, 3.63) is 0 Å². The minimum atomic E-state index is 0.0870. The number of rotatable bonds is 6. The van der Waals surface area contributed by atoms with E-state index in [0.717, 1.165) is 13.1 Å². The summed E-state index contributed by atoms with van der Waals surface area (Å²) in [4.78, 5) is 2.54. The fraction of sp³-hybridized carbons (Fsp3) is 1.00. The van der Waals surface area contributed by atoms with Crippen molar-refractivity contribution in [1.29, 1.82) is 0 Å². The zero-order valence-corrected chi connectivity index (χ0v) is 11.4. The van der Waals surface area contributed by atoms with Gasteiger partial charge in [0.25, 0.3) is 0 Å². The summed E-state index contributed by atoms with van der Waals surface area (Å²) in [6.45, 7) is 11.3. The Morgan fingerprint density at radius 2 is 2.19 bits per heavy atom. The minimum Gasteiger partial charge on any atom is -0.377 e. The molecule has 1 saturated heterocycles. The molecule has 0 amide bonds. The van der Waals surface area contributed by atoms with Crippen LogP contribution >= 0.6 is 0 Å². The van der Waals surface area contributed by atoms with Crippen molar-refractivity contribution >= 4 is 0 Å². The Bertz CT molecular complexity index is 196. The molecule has 0 aromatic carbocycles. The van der Waals surface area contributed by atoms with Gasteiger partial charge in [0.2, 0.25) is 0 Å². The Kier molecular flexibility index (Phi) is 5.73. The summed E-state index contributed by atoms with van der Waals surface area (Å²) >= 11 is 0. The maximum Gasteiger partial charge on any atom is 0.0777 e. The van der Waals surface area contributed by atoms with E-state index >= 15 is 0 Å². The maximum absolute atomic E-state index is 5.60. The second-order valence-electron chi connectivity index (χ2n) is 5.50. The average Bonchev–Trinajstić information content (AvgIpc) is 2.24. The van der Waals surface area contributed by atoms with E-state index in [9.17, 15) is 0 Å². The predicted molar refractivity (Wildman–Crippen MR) is 68.8 cm³/mol. The first kappa shape index (κ1) is 13.9. The van der Waals surface area contributed by atoms with E-state index in [1.165, 1.54) is 32.4 Å². The van der Waals surface area contributed by atoms with Crippen molar-refractivity contribution in [1.82, 2.24) is 10.2 Å². The fourth-order valence-electron chi connectivity index (χ4n) is 2.36. The van der Waals surface area contributed by atoms with E-state index in [-0.39, 0.29) is 5.60 Å². The summed E-state index contributed by atoms with van der Waals surface area (Å²) < 4.78 is 5.60. The van der Waals surface area contributed by atoms with Gasteiger partial charge >= 0.3 is 0 Å². The van der Waals surface area contributed by atoms with Crippen LogP contribution < -0.4 is 5.32 Å². The van der Waals surface area contributed by atoms with Gasteiger partial charge in [0.15, 0.2) is 0 Å². The summed E-state index contributed by atoms with van der Waals surface area (Å²) in [5, 5.41) is 3.46. The molecule has 1 fully saturated rings. The molecule has 0 radical (unpaired) electrons. The Hall–Kier alpha value is -0.120. The Labute approximate surface area is 101 Å². The molecule has 16 heavy (non-hydrogen) atoms. The number of hydrogen-bond donors (Lipinski definition) is 1. The lowest BCUT2D eigenvalue weighted by Crippen LogP contribution is -2.47. The third-order valence-electron chi connectivity index (χ3n) is 3.43. The monoisotopic (exact) mass is 228 g/mol. The van der Waals surface area contributed by atoms with Crippen LogP contribution in [0.15, 0.2) is 0 Å². The van der Waals surface area contributed by atoms with Gasteiger partial charge < -0.3 is 15.0 Å². The van der Waals surface area contributed by atoms with E-state index < -0.39 is 0 Å². The van der Waals surface area contributed by atoms with Gasteiger partial charge in [0.05, 0.1) is 5.60 Å². The molecule has 0 aromatic heterocycles. The first-order valence-electron chi connectivity index (χ1n) is 6.57. The highest BCUT2D eigenvalue weighted by atomic mass is 16.5. The summed E-state index contributed by atoms with van der Waals surface area (Å²) in [6.07, 6.45) is 3.70.